The van der Waals surface area contributed by atoms with E-state index in [1.54, 1.807) is 23.2 Å². The molecule has 2 fully saturated rings. The molecule has 13 heteroatoms. The van der Waals surface area contributed by atoms with E-state index in [1.807, 2.05) is 74.5 Å². The summed E-state index contributed by atoms with van der Waals surface area (Å²) in [7, 11) is 0. The highest BCUT2D eigenvalue weighted by Gasteiger charge is 2.61. The van der Waals surface area contributed by atoms with Crippen LogP contribution in [0.5, 0.6) is 11.5 Å². The molecule has 43 heavy (non-hydrogen) atoms. The number of nitrogens with zero attached hydrogens (tertiary/aromatic N) is 4. The van der Waals surface area contributed by atoms with E-state index in [0.29, 0.717) is 30.5 Å². The second-order valence-corrected chi connectivity index (χ2v) is 11.8. The maximum atomic E-state index is 12.4. The lowest BCUT2D eigenvalue weighted by Crippen LogP contribution is -2.30. The maximum absolute atomic E-state index is 12.4. The first-order chi connectivity index (χ1) is 20.5. The Kier molecular flexibility index (Phi) is 10.8. The van der Waals surface area contributed by atoms with Crippen molar-refractivity contribution in [3.8, 4) is 11.5 Å². The summed E-state index contributed by atoms with van der Waals surface area (Å²) in [6.07, 6.45) is 3.35. The monoisotopic (exact) mass is 645 g/mol. The van der Waals surface area contributed by atoms with Crippen molar-refractivity contribution in [2.24, 2.45) is 22.4 Å². The van der Waals surface area contributed by atoms with E-state index in [0.717, 1.165) is 16.9 Å². The maximum Gasteiger partial charge on any atom is 0.310 e. The molecule has 1 saturated carbocycles. The van der Waals surface area contributed by atoms with E-state index in [9.17, 15) is 14.9 Å². The van der Waals surface area contributed by atoms with Crippen LogP contribution in [-0.4, -0.2) is 39.9 Å². The second-order valence-electron chi connectivity index (χ2n) is 10.5. The summed E-state index contributed by atoms with van der Waals surface area (Å²) in [5, 5.41) is 16.2. The summed E-state index contributed by atoms with van der Waals surface area (Å²) in [6, 6.07) is 20.6. The van der Waals surface area contributed by atoms with E-state index in [-0.39, 0.29) is 40.3 Å². The number of aromatic nitrogens is 1. The Hall–Kier alpha value is -3.86. The van der Waals surface area contributed by atoms with Crippen LogP contribution < -0.4 is 10.1 Å². The van der Waals surface area contributed by atoms with E-state index in [2.05, 4.69) is 15.4 Å². The van der Waals surface area contributed by atoms with Gasteiger partial charge in [0.1, 0.15) is 32.9 Å². The Morgan fingerprint density at radius 2 is 1.88 bits per heavy atom. The predicted molar refractivity (Wildman–Crippen MR) is 165 cm³/mol. The van der Waals surface area contributed by atoms with Gasteiger partial charge in [-0.15, -0.1) is 0 Å². The van der Waals surface area contributed by atoms with Gasteiger partial charge in [0.15, 0.2) is 5.03 Å². The standard InChI is InChI=1S/C21H20Cl2O3.C9H10ClN5O2/c1-21(2)17(12-18(22)23)19(21)20(24)25-13-14-7-6-10-16(11-14)26-15-8-4-3-5-9-15;10-8-2-1-7(5-12-8)6-14-4-3-11-9(14)13-15(16)17/h3-12,17,19H,13H2,1-2H3;1-2,5H,3-4,6H2,(H,11,13). The molecule has 226 valence electrons. The Labute approximate surface area is 264 Å². The van der Waals surface area contributed by atoms with Crippen LogP contribution in [0, 0.1) is 27.4 Å². The molecule has 3 aromatic rings. The quantitative estimate of drug-likeness (QED) is 0.117. The predicted octanol–water partition coefficient (Wildman–Crippen LogP) is 6.80. The highest BCUT2D eigenvalue weighted by Crippen LogP contribution is 2.60. The molecule has 2 aromatic carbocycles. The van der Waals surface area contributed by atoms with Crippen molar-refractivity contribution in [3.63, 3.8) is 0 Å². The van der Waals surface area contributed by atoms with Gasteiger partial charge >= 0.3 is 5.97 Å². The van der Waals surface area contributed by atoms with Gasteiger partial charge in [-0.3, -0.25) is 4.79 Å². The van der Waals surface area contributed by atoms with Crippen LogP contribution in [0.1, 0.15) is 25.0 Å². The molecule has 1 aromatic heterocycles. The van der Waals surface area contributed by atoms with Crippen molar-refractivity contribution in [2.75, 3.05) is 13.1 Å². The van der Waals surface area contributed by atoms with Gasteiger partial charge < -0.3 is 19.7 Å². The number of hydrazone groups is 1. The number of esters is 1. The van der Waals surface area contributed by atoms with Crippen molar-refractivity contribution in [3.05, 3.63) is 110 Å². The number of nitrogens with one attached hydrogen (secondary N) is 1. The molecule has 5 rings (SSSR count). The molecule has 10 nitrogen and oxygen atoms in total. The van der Waals surface area contributed by atoms with Crippen LogP contribution in [-0.2, 0) is 22.7 Å². The number of halogens is 3. The number of hydrogen-bond donors (Lipinski definition) is 1. The molecule has 0 amide bonds. The Bertz CT molecular complexity index is 1480. The highest BCUT2D eigenvalue weighted by molar-refractivity contribution is 6.55. The van der Waals surface area contributed by atoms with Gasteiger partial charge in [0.05, 0.1) is 5.92 Å². The second kappa shape index (κ2) is 14.5. The topological polar surface area (TPSA) is 119 Å². The number of ether oxygens (including phenoxy) is 2. The van der Waals surface area contributed by atoms with Gasteiger partial charge in [-0.25, -0.2) is 15.1 Å². The number of rotatable bonds is 9. The Morgan fingerprint density at radius 1 is 1.14 bits per heavy atom. The van der Waals surface area contributed by atoms with Crippen LogP contribution in [0.3, 0.4) is 0 Å². The number of carbonyl (C=O) groups is 1. The van der Waals surface area contributed by atoms with E-state index >= 15 is 0 Å². The number of allylic oxidation sites excluding steroid dienone is 1. The van der Waals surface area contributed by atoms with Crippen LogP contribution in [0.4, 0.5) is 0 Å². The number of para-hydroxylation sites is 1. The fourth-order valence-electron chi connectivity index (χ4n) is 4.71. The zero-order valence-electron chi connectivity index (χ0n) is 23.5. The van der Waals surface area contributed by atoms with Crippen molar-refractivity contribution < 1.29 is 19.3 Å². The molecule has 2 unspecified atom stereocenters. The fraction of sp³-hybridized carbons (Fsp3) is 0.300. The average Bonchev–Trinajstić information content (AvgIpc) is 3.24. The number of pyridine rings is 1. The third-order valence-corrected chi connectivity index (χ3v) is 7.51. The van der Waals surface area contributed by atoms with Gasteiger partial charge in [0.2, 0.25) is 0 Å². The lowest BCUT2D eigenvalue weighted by atomic mass is 10.1. The fourth-order valence-corrected chi connectivity index (χ4v) is 5.10. The number of carbonyl (C=O) groups excluding carboxylic acids is 1. The highest BCUT2D eigenvalue weighted by atomic mass is 35.5. The molecule has 0 spiro atoms. The molecular weight excluding hydrogens is 617 g/mol. The zero-order chi connectivity index (χ0) is 31.0. The van der Waals surface area contributed by atoms with Crippen molar-refractivity contribution in [1.29, 1.82) is 0 Å². The summed E-state index contributed by atoms with van der Waals surface area (Å²) in [6.45, 7) is 6.05. The average molecular weight is 647 g/mol. The largest absolute Gasteiger partial charge is 0.461 e. The minimum atomic E-state index is -0.708. The first-order valence-electron chi connectivity index (χ1n) is 13.4. The lowest BCUT2D eigenvalue weighted by Gasteiger charge is -2.14. The number of hydrogen-bond acceptors (Lipinski definition) is 6. The van der Waals surface area contributed by atoms with Gasteiger partial charge in [-0.1, -0.05) is 85.0 Å². The molecular formula is C30H30Cl3N5O5. The van der Waals surface area contributed by atoms with E-state index < -0.39 is 5.03 Å². The van der Waals surface area contributed by atoms with Crippen LogP contribution in [0.15, 0.2) is 88.6 Å². The SMILES string of the molecule is CC1(C)C(C=C(Cl)Cl)C1C(=O)OCc1cccc(Oc2ccccc2)c1.O=[N+]([O-])/N=C1\NCCN1Cc1ccc(Cl)nc1. The molecule has 1 aliphatic heterocycles. The Morgan fingerprint density at radius 3 is 2.56 bits per heavy atom. The molecule has 1 N–H and O–H groups in total. The normalized spacial score (nSPS) is 19.0. The van der Waals surface area contributed by atoms with Gasteiger partial charge in [0.25, 0.3) is 5.96 Å². The zero-order valence-corrected chi connectivity index (χ0v) is 25.7. The van der Waals surface area contributed by atoms with Gasteiger partial charge in [-0.2, -0.15) is 0 Å². The molecule has 1 saturated heterocycles. The molecule has 2 aliphatic rings. The summed E-state index contributed by atoms with van der Waals surface area (Å²) >= 11 is 17.1. The molecule has 2 heterocycles. The smallest absolute Gasteiger partial charge is 0.310 e. The van der Waals surface area contributed by atoms with Crippen molar-refractivity contribution >= 4 is 46.7 Å². The van der Waals surface area contributed by atoms with Crippen LogP contribution in [0.2, 0.25) is 5.15 Å². The molecule has 0 bridgehead atoms. The first-order valence-corrected chi connectivity index (χ1v) is 14.5. The number of nitro groups is 1. The van der Waals surface area contributed by atoms with Crippen LogP contribution in [0.25, 0.3) is 0 Å². The van der Waals surface area contributed by atoms with E-state index in [1.165, 1.54) is 0 Å². The molecule has 2 atom stereocenters. The van der Waals surface area contributed by atoms with Crippen LogP contribution >= 0.6 is 34.8 Å². The number of benzene rings is 2. The van der Waals surface area contributed by atoms with Crippen molar-refractivity contribution in [2.45, 2.75) is 27.0 Å². The van der Waals surface area contributed by atoms with Gasteiger partial charge in [-0.05, 0) is 58.9 Å². The summed E-state index contributed by atoms with van der Waals surface area (Å²) in [4.78, 5) is 28.4. The van der Waals surface area contributed by atoms with E-state index in [4.69, 9.17) is 44.3 Å². The Balaban J connectivity index is 0.000000215. The summed E-state index contributed by atoms with van der Waals surface area (Å²) in [5.74, 6) is 1.29. The summed E-state index contributed by atoms with van der Waals surface area (Å²) in [5.41, 5.74) is 1.60. The first kappa shape index (κ1) is 32.1. The third-order valence-electron chi connectivity index (χ3n) is 7.03. The van der Waals surface area contributed by atoms with Crippen molar-refractivity contribution in [1.82, 2.24) is 15.2 Å². The number of guanidine groups is 1. The minimum absolute atomic E-state index is 0.00717. The summed E-state index contributed by atoms with van der Waals surface area (Å²) < 4.78 is 11.5. The molecule has 1 aliphatic carbocycles. The third kappa shape index (κ3) is 9.31. The minimum Gasteiger partial charge on any atom is -0.461 e. The molecule has 0 radical (unpaired) electrons. The van der Waals surface area contributed by atoms with Gasteiger partial charge in [0, 0.05) is 25.8 Å². The lowest BCUT2D eigenvalue weighted by molar-refractivity contribution is -0.485.